The summed E-state index contributed by atoms with van der Waals surface area (Å²) in [5.41, 5.74) is 1.15. The van der Waals surface area contributed by atoms with Crippen LogP contribution in [0, 0.1) is 6.92 Å². The highest BCUT2D eigenvalue weighted by molar-refractivity contribution is 5.94. The van der Waals surface area contributed by atoms with Gasteiger partial charge in [-0.25, -0.2) is 0 Å². The number of hydrogen-bond donors (Lipinski definition) is 1. The summed E-state index contributed by atoms with van der Waals surface area (Å²) in [6.45, 7) is 5.25. The number of aliphatic carboxylic acids is 1. The molecule has 1 aromatic rings. The minimum absolute atomic E-state index is 0.121. The van der Waals surface area contributed by atoms with Gasteiger partial charge in [-0.05, 0) is 26.3 Å². The monoisotopic (exact) mass is 253 g/mol. The molecular weight excluding hydrogens is 234 g/mol. The minimum Gasteiger partial charge on any atom is -0.480 e. The first-order chi connectivity index (χ1) is 8.36. The highest BCUT2D eigenvalue weighted by Crippen LogP contribution is 2.11. The maximum atomic E-state index is 12.3. The number of aromatic nitrogens is 2. The van der Waals surface area contributed by atoms with E-state index >= 15 is 0 Å². The number of carbonyl (C=O) groups is 2. The quantitative estimate of drug-likeness (QED) is 0.851. The molecule has 1 aromatic heterocycles. The fourth-order valence-corrected chi connectivity index (χ4v) is 1.75. The van der Waals surface area contributed by atoms with E-state index < -0.39 is 5.97 Å². The maximum Gasteiger partial charge on any atom is 0.323 e. The Balaban J connectivity index is 3.02. The number of carboxylic acids is 1. The van der Waals surface area contributed by atoms with Gasteiger partial charge in [0.15, 0.2) is 0 Å². The van der Waals surface area contributed by atoms with Gasteiger partial charge >= 0.3 is 5.97 Å². The Morgan fingerprint density at radius 1 is 1.56 bits per heavy atom. The molecule has 0 fully saturated rings. The third kappa shape index (κ3) is 3.09. The summed E-state index contributed by atoms with van der Waals surface area (Å²) in [6.07, 6.45) is 0.704. The Bertz CT molecular complexity index is 453. The molecule has 1 rings (SSSR count). The van der Waals surface area contributed by atoms with E-state index in [9.17, 15) is 9.59 Å². The molecule has 6 nitrogen and oxygen atoms in total. The van der Waals surface area contributed by atoms with Crippen LogP contribution in [0.15, 0.2) is 6.07 Å². The average molecular weight is 253 g/mol. The van der Waals surface area contributed by atoms with Gasteiger partial charge in [-0.3, -0.25) is 14.3 Å². The molecule has 0 radical (unpaired) electrons. The lowest BCUT2D eigenvalue weighted by molar-refractivity contribution is -0.138. The van der Waals surface area contributed by atoms with E-state index in [0.29, 0.717) is 12.1 Å². The van der Waals surface area contributed by atoms with Crippen molar-refractivity contribution in [1.29, 1.82) is 0 Å². The van der Waals surface area contributed by atoms with Crippen LogP contribution in [0.1, 0.15) is 36.5 Å². The zero-order valence-electron chi connectivity index (χ0n) is 11.2. The molecule has 1 N–H and O–H groups in total. The van der Waals surface area contributed by atoms with Crippen LogP contribution >= 0.6 is 0 Å². The van der Waals surface area contributed by atoms with Crippen molar-refractivity contribution in [3.8, 4) is 0 Å². The Hall–Kier alpha value is -1.85. The molecular formula is C12H19N3O3. The highest BCUT2D eigenvalue weighted by Gasteiger charge is 2.25. The number of hydrogen-bond acceptors (Lipinski definition) is 3. The van der Waals surface area contributed by atoms with Gasteiger partial charge in [0.2, 0.25) is 0 Å². The number of carbonyl (C=O) groups excluding carboxylic acids is 1. The average Bonchev–Trinajstić information content (AvgIpc) is 2.63. The lowest BCUT2D eigenvalue weighted by Crippen LogP contribution is -2.42. The molecule has 0 spiro atoms. The second kappa shape index (κ2) is 5.66. The van der Waals surface area contributed by atoms with Crippen molar-refractivity contribution in [3.63, 3.8) is 0 Å². The summed E-state index contributed by atoms with van der Waals surface area (Å²) < 4.78 is 1.48. The van der Waals surface area contributed by atoms with Crippen molar-refractivity contribution < 1.29 is 14.7 Å². The first-order valence-corrected chi connectivity index (χ1v) is 5.90. The summed E-state index contributed by atoms with van der Waals surface area (Å²) in [6, 6.07) is 1.54. The third-order valence-electron chi connectivity index (χ3n) is 2.91. The molecule has 0 unspecified atom stereocenters. The molecule has 100 valence electrons. The fourth-order valence-electron chi connectivity index (χ4n) is 1.75. The Morgan fingerprint density at radius 2 is 2.17 bits per heavy atom. The van der Waals surface area contributed by atoms with E-state index in [4.69, 9.17) is 5.11 Å². The summed E-state index contributed by atoms with van der Waals surface area (Å²) in [4.78, 5) is 24.5. The third-order valence-corrected chi connectivity index (χ3v) is 2.91. The zero-order chi connectivity index (χ0) is 13.9. The topological polar surface area (TPSA) is 75.4 Å². The molecule has 0 aromatic carbocycles. The standard InChI is InChI=1S/C12H19N3O3/c1-5-9(3)15(7-11(16)17)12(18)10-6-8(2)13-14(10)4/h6,9H,5,7H2,1-4H3,(H,16,17)/t9-/m1/s1. The summed E-state index contributed by atoms with van der Waals surface area (Å²) >= 11 is 0. The number of carboxylic acid groups (broad SMARTS) is 1. The smallest absolute Gasteiger partial charge is 0.323 e. The van der Waals surface area contributed by atoms with Gasteiger partial charge in [-0.2, -0.15) is 5.10 Å². The van der Waals surface area contributed by atoms with E-state index in [1.807, 2.05) is 13.8 Å². The SMILES string of the molecule is CC[C@@H](C)N(CC(=O)O)C(=O)c1cc(C)nn1C. The van der Waals surface area contributed by atoms with Gasteiger partial charge in [-0.1, -0.05) is 6.92 Å². The first kappa shape index (κ1) is 14.2. The largest absolute Gasteiger partial charge is 0.480 e. The van der Waals surface area contributed by atoms with Gasteiger partial charge in [-0.15, -0.1) is 0 Å². The molecule has 0 saturated heterocycles. The molecule has 18 heavy (non-hydrogen) atoms. The lowest BCUT2D eigenvalue weighted by Gasteiger charge is -2.26. The molecule has 0 aliphatic rings. The second-order valence-corrected chi connectivity index (χ2v) is 4.38. The van der Waals surface area contributed by atoms with Gasteiger partial charge in [0.05, 0.1) is 5.69 Å². The van der Waals surface area contributed by atoms with Gasteiger partial charge in [0, 0.05) is 13.1 Å². The fraction of sp³-hybridized carbons (Fsp3) is 0.583. The second-order valence-electron chi connectivity index (χ2n) is 4.38. The maximum absolute atomic E-state index is 12.3. The lowest BCUT2D eigenvalue weighted by atomic mass is 10.2. The van der Waals surface area contributed by atoms with Crippen LogP contribution in [0.4, 0.5) is 0 Å². The minimum atomic E-state index is -1.01. The summed E-state index contributed by atoms with van der Waals surface area (Å²) in [5.74, 6) is -1.31. The predicted octanol–water partition coefficient (Wildman–Crippen LogP) is 1.05. The van der Waals surface area contributed by atoms with E-state index in [-0.39, 0.29) is 18.5 Å². The van der Waals surface area contributed by atoms with Gasteiger partial charge in [0.25, 0.3) is 5.91 Å². The van der Waals surface area contributed by atoms with Crippen molar-refractivity contribution in [3.05, 3.63) is 17.5 Å². The predicted molar refractivity (Wildman–Crippen MR) is 66.4 cm³/mol. The van der Waals surface area contributed by atoms with Crippen molar-refractivity contribution in [2.45, 2.75) is 33.2 Å². The van der Waals surface area contributed by atoms with Crippen LogP contribution in [0.2, 0.25) is 0 Å². The van der Waals surface area contributed by atoms with Crippen LogP contribution in [-0.4, -0.2) is 44.3 Å². The molecule has 1 atom stereocenters. The van der Waals surface area contributed by atoms with Crippen molar-refractivity contribution in [1.82, 2.24) is 14.7 Å². The molecule has 1 amide bonds. The van der Waals surface area contributed by atoms with Crippen LogP contribution < -0.4 is 0 Å². The normalized spacial score (nSPS) is 12.2. The van der Waals surface area contributed by atoms with Gasteiger partial charge < -0.3 is 10.0 Å². The number of amides is 1. The molecule has 1 heterocycles. The summed E-state index contributed by atoms with van der Waals surface area (Å²) in [5, 5.41) is 13.0. The molecule has 0 saturated carbocycles. The Kier molecular flexibility index (Phi) is 4.47. The van der Waals surface area contributed by atoms with Gasteiger partial charge in [0.1, 0.15) is 12.2 Å². The highest BCUT2D eigenvalue weighted by atomic mass is 16.4. The van der Waals surface area contributed by atoms with Crippen LogP contribution in [0.5, 0.6) is 0 Å². The zero-order valence-corrected chi connectivity index (χ0v) is 11.2. The molecule has 0 bridgehead atoms. The van der Waals surface area contributed by atoms with E-state index in [0.717, 1.165) is 5.69 Å². The number of rotatable bonds is 5. The Morgan fingerprint density at radius 3 is 2.56 bits per heavy atom. The molecule has 0 aliphatic carbocycles. The van der Waals surface area contributed by atoms with E-state index in [1.54, 1.807) is 20.0 Å². The number of aryl methyl sites for hydroxylation is 2. The van der Waals surface area contributed by atoms with Crippen LogP contribution in [-0.2, 0) is 11.8 Å². The van der Waals surface area contributed by atoms with Crippen LogP contribution in [0.3, 0.4) is 0 Å². The van der Waals surface area contributed by atoms with Crippen molar-refractivity contribution in [2.75, 3.05) is 6.54 Å². The molecule has 0 aliphatic heterocycles. The Labute approximate surface area is 106 Å². The van der Waals surface area contributed by atoms with Crippen molar-refractivity contribution >= 4 is 11.9 Å². The van der Waals surface area contributed by atoms with Crippen LogP contribution in [0.25, 0.3) is 0 Å². The van der Waals surface area contributed by atoms with E-state index in [2.05, 4.69) is 5.10 Å². The molecule has 6 heteroatoms. The first-order valence-electron chi connectivity index (χ1n) is 5.90. The van der Waals surface area contributed by atoms with Crippen molar-refractivity contribution in [2.24, 2.45) is 7.05 Å². The van der Waals surface area contributed by atoms with E-state index in [1.165, 1.54) is 9.58 Å². The number of nitrogens with zero attached hydrogens (tertiary/aromatic N) is 3. The summed E-state index contributed by atoms with van der Waals surface area (Å²) in [7, 11) is 1.68.